The molecular weight excluding hydrogens is 408 g/mol. The molecule has 0 radical (unpaired) electrons. The second kappa shape index (κ2) is 7.72. The van der Waals surface area contributed by atoms with Crippen LogP contribution in [0.15, 0.2) is 36.4 Å². The minimum Gasteiger partial charge on any atom is -0.476 e. The lowest BCUT2D eigenvalue weighted by Gasteiger charge is -2.37. The summed E-state index contributed by atoms with van der Waals surface area (Å²) in [5.41, 5.74) is 0.990. The lowest BCUT2D eigenvalue weighted by atomic mass is 10.1. The van der Waals surface area contributed by atoms with Crippen LogP contribution in [0, 0.1) is 0 Å². The Bertz CT molecular complexity index is 1010. The molecule has 0 unspecified atom stereocenters. The van der Waals surface area contributed by atoms with E-state index in [1.165, 1.54) is 0 Å². The Morgan fingerprint density at radius 3 is 2.63 bits per heavy atom. The van der Waals surface area contributed by atoms with Gasteiger partial charge in [-0.05, 0) is 43.5 Å². The van der Waals surface area contributed by atoms with E-state index >= 15 is 0 Å². The van der Waals surface area contributed by atoms with Gasteiger partial charge in [0, 0.05) is 18.7 Å². The van der Waals surface area contributed by atoms with Crippen molar-refractivity contribution in [2.45, 2.75) is 25.4 Å². The van der Waals surface area contributed by atoms with E-state index in [-0.39, 0.29) is 25.2 Å². The maximum atomic E-state index is 13.4. The number of carbonyl (C=O) groups excluding carboxylic acids is 2. The summed E-state index contributed by atoms with van der Waals surface area (Å²) < 4.78 is 16.7. The van der Waals surface area contributed by atoms with Crippen LogP contribution in [0.3, 0.4) is 0 Å². The van der Waals surface area contributed by atoms with Gasteiger partial charge < -0.3 is 24.0 Å². The monoisotopic (exact) mass is 428 g/mol. The molecule has 0 saturated carbocycles. The van der Waals surface area contributed by atoms with Crippen molar-refractivity contribution in [2.24, 2.45) is 0 Å². The molecule has 0 aromatic heterocycles. The number of piperidine rings is 1. The maximum Gasteiger partial charge on any atom is 0.265 e. The number of fused-ring (bicyclic) bond motifs is 2. The fraction of sp³-hybridized carbons (Fsp3) is 0.364. The van der Waals surface area contributed by atoms with E-state index in [1.54, 1.807) is 23.1 Å². The predicted molar refractivity (Wildman–Crippen MR) is 111 cm³/mol. The molecule has 3 aliphatic heterocycles. The zero-order valence-corrected chi connectivity index (χ0v) is 17.1. The van der Waals surface area contributed by atoms with Crippen molar-refractivity contribution in [3.05, 3.63) is 47.0 Å². The van der Waals surface area contributed by atoms with Gasteiger partial charge >= 0.3 is 0 Å². The smallest absolute Gasteiger partial charge is 0.265 e. The second-order valence-corrected chi connectivity index (χ2v) is 7.97. The number of nitrogens with zero attached hydrogens (tertiary/aromatic N) is 2. The minimum absolute atomic E-state index is 0.0689. The van der Waals surface area contributed by atoms with Crippen molar-refractivity contribution >= 4 is 29.1 Å². The second-order valence-electron chi connectivity index (χ2n) is 7.57. The molecule has 1 atom stereocenters. The van der Waals surface area contributed by atoms with E-state index in [0.29, 0.717) is 33.5 Å². The average molecular weight is 429 g/mol. The Morgan fingerprint density at radius 1 is 1.00 bits per heavy atom. The van der Waals surface area contributed by atoms with Crippen LogP contribution in [0.25, 0.3) is 0 Å². The van der Waals surface area contributed by atoms with Crippen LogP contribution < -0.4 is 19.1 Å². The van der Waals surface area contributed by atoms with Crippen LogP contribution in [0.2, 0.25) is 5.02 Å². The lowest BCUT2D eigenvalue weighted by molar-refractivity contribution is -0.139. The summed E-state index contributed by atoms with van der Waals surface area (Å²) in [4.78, 5) is 29.9. The number of para-hydroxylation sites is 2. The van der Waals surface area contributed by atoms with Crippen molar-refractivity contribution in [3.63, 3.8) is 0 Å². The van der Waals surface area contributed by atoms with Gasteiger partial charge in [0.1, 0.15) is 5.75 Å². The van der Waals surface area contributed by atoms with E-state index in [1.807, 2.05) is 23.1 Å². The predicted octanol–water partition coefficient (Wildman–Crippen LogP) is 3.49. The van der Waals surface area contributed by atoms with Gasteiger partial charge in [0.25, 0.3) is 11.8 Å². The van der Waals surface area contributed by atoms with E-state index in [2.05, 4.69) is 0 Å². The summed E-state index contributed by atoms with van der Waals surface area (Å²) in [6.07, 6.45) is 2.38. The first-order chi connectivity index (χ1) is 14.6. The first-order valence-electron chi connectivity index (χ1n) is 10.1. The highest BCUT2D eigenvalue weighted by Gasteiger charge is 2.37. The molecule has 0 bridgehead atoms. The van der Waals surface area contributed by atoms with E-state index in [4.69, 9.17) is 25.8 Å². The number of likely N-dealkylation sites (tertiary alicyclic amines) is 1. The van der Waals surface area contributed by atoms with Crippen molar-refractivity contribution in [1.29, 1.82) is 0 Å². The normalized spacial score (nSPS) is 19.8. The van der Waals surface area contributed by atoms with Crippen molar-refractivity contribution in [2.75, 3.05) is 31.3 Å². The van der Waals surface area contributed by atoms with Gasteiger partial charge in [-0.15, -0.1) is 0 Å². The maximum absolute atomic E-state index is 13.4. The fourth-order valence-electron chi connectivity index (χ4n) is 4.12. The van der Waals surface area contributed by atoms with Gasteiger partial charge in [-0.1, -0.05) is 23.7 Å². The summed E-state index contributed by atoms with van der Waals surface area (Å²) in [6.45, 7) is 1.66. The van der Waals surface area contributed by atoms with E-state index in [9.17, 15) is 9.59 Å². The van der Waals surface area contributed by atoms with Gasteiger partial charge in [-0.25, -0.2) is 0 Å². The third-order valence-electron chi connectivity index (χ3n) is 5.64. The number of carbonyl (C=O) groups is 2. The Balaban J connectivity index is 1.46. The molecule has 3 aliphatic rings. The average Bonchev–Trinajstić information content (AvgIpc) is 3.27. The van der Waals surface area contributed by atoms with Crippen molar-refractivity contribution < 1.29 is 23.8 Å². The van der Waals surface area contributed by atoms with Gasteiger partial charge in [0.05, 0.1) is 17.3 Å². The standard InChI is InChI=1S/C22H21ClN2O5/c23-15-10-14(11-18-20(15)29-13-28-18)21(26)25-12-19(22(27)24-8-4-1-5-9-24)30-17-7-3-2-6-16(17)25/h2-3,6-7,10-11,19H,1,4-5,8-9,12-13H2/t19-/m0/s1. The third kappa shape index (κ3) is 3.33. The highest BCUT2D eigenvalue weighted by atomic mass is 35.5. The zero-order chi connectivity index (χ0) is 20.7. The molecule has 1 fully saturated rings. The Kier molecular flexibility index (Phi) is 4.90. The molecule has 2 aromatic rings. The molecule has 7 nitrogen and oxygen atoms in total. The summed E-state index contributed by atoms with van der Waals surface area (Å²) in [5, 5.41) is 0.316. The molecule has 2 amide bonds. The molecule has 8 heteroatoms. The molecule has 0 aliphatic carbocycles. The van der Waals surface area contributed by atoms with E-state index < -0.39 is 6.10 Å². The minimum atomic E-state index is -0.744. The number of rotatable bonds is 2. The molecule has 5 rings (SSSR count). The molecular formula is C22H21ClN2O5. The lowest BCUT2D eigenvalue weighted by Crippen LogP contribution is -2.52. The number of halogens is 1. The van der Waals surface area contributed by atoms with Crippen molar-refractivity contribution in [1.82, 2.24) is 4.90 Å². The Labute approximate surface area is 179 Å². The molecule has 156 valence electrons. The van der Waals surface area contributed by atoms with Crippen LogP contribution in [0.1, 0.15) is 29.6 Å². The fourth-order valence-corrected chi connectivity index (χ4v) is 4.39. The van der Waals surface area contributed by atoms with Gasteiger partial charge in [0.2, 0.25) is 6.79 Å². The number of amides is 2. The number of hydrogen-bond donors (Lipinski definition) is 0. The van der Waals surface area contributed by atoms with Crippen LogP contribution in [-0.2, 0) is 4.79 Å². The number of ether oxygens (including phenoxy) is 3. The first-order valence-corrected chi connectivity index (χ1v) is 10.4. The molecule has 3 heterocycles. The highest BCUT2D eigenvalue weighted by molar-refractivity contribution is 6.33. The molecule has 2 aromatic carbocycles. The van der Waals surface area contributed by atoms with Gasteiger partial charge in [-0.3, -0.25) is 9.59 Å². The van der Waals surface area contributed by atoms with Crippen LogP contribution >= 0.6 is 11.6 Å². The first kappa shape index (κ1) is 19.1. The van der Waals surface area contributed by atoms with Gasteiger partial charge in [-0.2, -0.15) is 0 Å². The number of hydrogen-bond acceptors (Lipinski definition) is 5. The molecule has 1 saturated heterocycles. The molecule has 0 N–H and O–H groups in total. The Hall–Kier alpha value is -2.93. The quantitative estimate of drug-likeness (QED) is 0.732. The number of anilines is 1. The zero-order valence-electron chi connectivity index (χ0n) is 16.3. The highest BCUT2D eigenvalue weighted by Crippen LogP contribution is 2.41. The SMILES string of the molecule is O=C([C@@H]1CN(C(=O)c2cc(Cl)c3c(c2)OCO3)c2ccccc2O1)N1CCCCC1. The molecule has 30 heavy (non-hydrogen) atoms. The number of benzene rings is 2. The van der Waals surface area contributed by atoms with Crippen LogP contribution in [0.4, 0.5) is 5.69 Å². The topological polar surface area (TPSA) is 68.3 Å². The third-order valence-corrected chi connectivity index (χ3v) is 5.92. The van der Waals surface area contributed by atoms with Crippen LogP contribution in [0.5, 0.6) is 17.2 Å². The summed E-state index contributed by atoms with van der Waals surface area (Å²) in [5.74, 6) is 1.04. The van der Waals surface area contributed by atoms with Crippen LogP contribution in [-0.4, -0.2) is 49.2 Å². The summed E-state index contributed by atoms with van der Waals surface area (Å²) in [7, 11) is 0. The molecule has 0 spiro atoms. The van der Waals surface area contributed by atoms with Gasteiger partial charge in [0.15, 0.2) is 17.6 Å². The van der Waals surface area contributed by atoms with E-state index in [0.717, 1.165) is 32.4 Å². The summed E-state index contributed by atoms with van der Waals surface area (Å²) in [6, 6.07) is 10.4. The van der Waals surface area contributed by atoms with Crippen molar-refractivity contribution in [3.8, 4) is 17.2 Å². The summed E-state index contributed by atoms with van der Waals surface area (Å²) >= 11 is 6.28. The largest absolute Gasteiger partial charge is 0.476 e. The Morgan fingerprint density at radius 2 is 1.80 bits per heavy atom.